The van der Waals surface area contributed by atoms with E-state index in [0.717, 1.165) is 0 Å². The third-order valence-corrected chi connectivity index (χ3v) is 8.38. The van der Waals surface area contributed by atoms with E-state index >= 15 is 0 Å². The van der Waals surface area contributed by atoms with Gasteiger partial charge < -0.3 is 36.4 Å². The summed E-state index contributed by atoms with van der Waals surface area (Å²) in [5.74, 6) is -7.30. The first-order valence-corrected chi connectivity index (χ1v) is 13.3. The Balaban J connectivity index is 1.92. The van der Waals surface area contributed by atoms with Gasteiger partial charge in [0, 0.05) is 48.8 Å². The fourth-order valence-corrected chi connectivity index (χ4v) is 6.32. The van der Waals surface area contributed by atoms with Gasteiger partial charge in [0.2, 0.25) is 11.7 Å². The Morgan fingerprint density at radius 3 is 2.24 bits per heavy atom. The van der Waals surface area contributed by atoms with E-state index in [9.17, 15) is 39.6 Å². The number of phenolic OH excluding ortho intramolecular Hbond substituents is 1. The molecule has 222 valence electrons. The van der Waals surface area contributed by atoms with Crippen molar-refractivity contribution in [2.75, 3.05) is 33.1 Å². The van der Waals surface area contributed by atoms with Crippen LogP contribution in [0.2, 0.25) is 0 Å². The Kier molecular flexibility index (Phi) is 7.24. The number of primary amides is 1. The van der Waals surface area contributed by atoms with Gasteiger partial charge in [-0.3, -0.25) is 24.1 Å². The SMILES string of the molecule is CN(C)c1cc(CNC(=O)C(C)(C)C)c(O)c2c1CC1CC3C(N(C)C)C(=O)C(C(N)=O)=C(O)C3(O)C(=O)C1=C2O. The highest BCUT2D eigenvalue weighted by molar-refractivity contribution is 6.24. The van der Waals surface area contributed by atoms with Crippen LogP contribution in [-0.2, 0) is 32.1 Å². The molecule has 3 aliphatic carbocycles. The second-order valence-corrected chi connectivity index (χ2v) is 12.5. The van der Waals surface area contributed by atoms with Gasteiger partial charge in [0.25, 0.3) is 5.91 Å². The van der Waals surface area contributed by atoms with Crippen LogP contribution in [0.25, 0.3) is 5.76 Å². The Morgan fingerprint density at radius 2 is 1.73 bits per heavy atom. The van der Waals surface area contributed by atoms with E-state index in [-0.39, 0.29) is 42.2 Å². The largest absolute Gasteiger partial charge is 0.508 e. The smallest absolute Gasteiger partial charge is 0.255 e. The van der Waals surface area contributed by atoms with Gasteiger partial charge in [-0.2, -0.15) is 0 Å². The molecule has 4 unspecified atom stereocenters. The number of carbonyl (C=O) groups excluding carboxylic acids is 4. The number of nitrogens with two attached hydrogens (primary N) is 1. The molecule has 12 heteroatoms. The molecule has 3 aliphatic rings. The average Bonchev–Trinajstić information content (AvgIpc) is 2.84. The molecule has 0 bridgehead atoms. The molecule has 0 heterocycles. The Morgan fingerprint density at radius 1 is 1.12 bits per heavy atom. The van der Waals surface area contributed by atoms with Gasteiger partial charge >= 0.3 is 0 Å². The first kappa shape index (κ1) is 30.1. The van der Waals surface area contributed by atoms with E-state index < -0.39 is 63.5 Å². The summed E-state index contributed by atoms with van der Waals surface area (Å²) in [6.45, 7) is 5.18. The van der Waals surface area contributed by atoms with Crippen LogP contribution in [0, 0.1) is 17.3 Å². The lowest BCUT2D eigenvalue weighted by molar-refractivity contribution is -0.153. The van der Waals surface area contributed by atoms with Gasteiger partial charge in [0.05, 0.1) is 11.6 Å². The van der Waals surface area contributed by atoms with Gasteiger partial charge in [0.1, 0.15) is 22.8 Å². The van der Waals surface area contributed by atoms with Crippen LogP contribution < -0.4 is 16.0 Å². The van der Waals surface area contributed by atoms with Crippen molar-refractivity contribution in [2.24, 2.45) is 23.0 Å². The zero-order valence-electron chi connectivity index (χ0n) is 24.3. The third-order valence-electron chi connectivity index (χ3n) is 8.38. The van der Waals surface area contributed by atoms with Crippen molar-refractivity contribution in [3.63, 3.8) is 0 Å². The summed E-state index contributed by atoms with van der Waals surface area (Å²) < 4.78 is 0. The van der Waals surface area contributed by atoms with Gasteiger partial charge in [-0.1, -0.05) is 20.8 Å². The number of benzene rings is 1. The van der Waals surface area contributed by atoms with E-state index in [2.05, 4.69) is 5.32 Å². The lowest BCUT2D eigenvalue weighted by atomic mass is 9.57. The maximum Gasteiger partial charge on any atom is 0.255 e. The maximum absolute atomic E-state index is 14.0. The minimum atomic E-state index is -2.71. The molecule has 1 saturated carbocycles. The summed E-state index contributed by atoms with van der Waals surface area (Å²) in [6, 6.07) is 0.555. The Bertz CT molecular complexity index is 1430. The van der Waals surface area contributed by atoms with E-state index in [1.54, 1.807) is 59.9 Å². The molecule has 41 heavy (non-hydrogen) atoms. The number of nitrogens with zero attached hydrogens (tertiary/aromatic N) is 2. The van der Waals surface area contributed by atoms with Crippen LogP contribution >= 0.6 is 0 Å². The predicted molar refractivity (Wildman–Crippen MR) is 150 cm³/mol. The van der Waals surface area contributed by atoms with Crippen molar-refractivity contribution in [1.82, 2.24) is 10.2 Å². The summed E-state index contributed by atoms with van der Waals surface area (Å²) in [6.07, 6.45) is 0.174. The number of carbonyl (C=O) groups is 4. The highest BCUT2D eigenvalue weighted by Crippen LogP contribution is 2.54. The number of phenols is 1. The molecule has 0 saturated heterocycles. The molecule has 0 aliphatic heterocycles. The van der Waals surface area contributed by atoms with E-state index in [0.29, 0.717) is 16.8 Å². The molecule has 0 radical (unpaired) electrons. The normalized spacial score (nSPS) is 26.0. The predicted octanol–water partition coefficient (Wildman–Crippen LogP) is 0.692. The first-order chi connectivity index (χ1) is 18.8. The number of rotatable bonds is 5. The number of aliphatic hydroxyl groups excluding tert-OH is 2. The zero-order chi connectivity index (χ0) is 30.9. The number of aromatic hydroxyl groups is 1. The van der Waals surface area contributed by atoms with Gasteiger partial charge in [-0.05, 0) is 44.5 Å². The number of anilines is 1. The highest BCUT2D eigenvalue weighted by atomic mass is 16.3. The van der Waals surface area contributed by atoms with E-state index in [1.807, 2.05) is 0 Å². The molecule has 12 nitrogen and oxygen atoms in total. The number of ketones is 2. The van der Waals surface area contributed by atoms with Crippen molar-refractivity contribution >= 4 is 34.8 Å². The first-order valence-electron chi connectivity index (χ1n) is 13.3. The Labute approximate surface area is 238 Å². The third kappa shape index (κ3) is 4.45. The number of hydrogen-bond acceptors (Lipinski definition) is 10. The molecular formula is C29H38N4O8. The molecule has 1 fully saturated rings. The molecule has 1 aromatic carbocycles. The van der Waals surface area contributed by atoms with Crippen LogP contribution in [0.1, 0.15) is 43.9 Å². The van der Waals surface area contributed by atoms with Crippen molar-refractivity contribution in [1.29, 1.82) is 0 Å². The van der Waals surface area contributed by atoms with Crippen molar-refractivity contribution in [2.45, 2.75) is 51.8 Å². The molecule has 7 N–H and O–H groups in total. The van der Waals surface area contributed by atoms with Crippen molar-refractivity contribution in [3.05, 3.63) is 39.7 Å². The summed E-state index contributed by atoms with van der Waals surface area (Å²) in [5.41, 5.74) is 2.35. The fourth-order valence-electron chi connectivity index (χ4n) is 6.32. The second kappa shape index (κ2) is 9.88. The molecular weight excluding hydrogens is 532 g/mol. The van der Waals surface area contributed by atoms with Gasteiger partial charge in [-0.25, -0.2) is 0 Å². The molecule has 1 aromatic rings. The summed E-state index contributed by atoms with van der Waals surface area (Å²) in [4.78, 5) is 55.2. The van der Waals surface area contributed by atoms with Crippen LogP contribution in [0.5, 0.6) is 5.75 Å². The van der Waals surface area contributed by atoms with Crippen LogP contribution in [0.3, 0.4) is 0 Å². The molecule has 0 spiro atoms. The molecule has 4 atom stereocenters. The molecule has 2 amide bonds. The molecule has 4 rings (SSSR count). The van der Waals surface area contributed by atoms with Crippen LogP contribution in [0.15, 0.2) is 23.0 Å². The fraction of sp³-hybridized carbons (Fsp3) is 0.517. The van der Waals surface area contributed by atoms with Crippen LogP contribution in [0.4, 0.5) is 5.69 Å². The van der Waals surface area contributed by atoms with E-state index in [1.165, 1.54) is 4.90 Å². The Hall–Kier alpha value is -3.90. The summed E-state index contributed by atoms with van der Waals surface area (Å²) in [7, 11) is 6.66. The number of Topliss-reactive ketones (excluding diaryl/α,β-unsaturated/α-hetero) is 2. The zero-order valence-corrected chi connectivity index (χ0v) is 24.3. The number of amides is 2. The maximum atomic E-state index is 14.0. The number of fused-ring (bicyclic) bond motifs is 3. The number of hydrogen-bond donors (Lipinski definition) is 6. The van der Waals surface area contributed by atoms with Gasteiger partial charge in [0.15, 0.2) is 11.4 Å². The number of aliphatic hydroxyl groups is 3. The number of likely N-dealkylation sites (N-methyl/N-ethyl adjacent to an activating group) is 1. The van der Waals surface area contributed by atoms with Crippen molar-refractivity contribution in [3.8, 4) is 5.75 Å². The molecule has 0 aromatic heterocycles. The monoisotopic (exact) mass is 570 g/mol. The van der Waals surface area contributed by atoms with Crippen molar-refractivity contribution < 1.29 is 39.6 Å². The summed E-state index contributed by atoms with van der Waals surface area (Å²) >= 11 is 0. The van der Waals surface area contributed by atoms with E-state index in [4.69, 9.17) is 5.73 Å². The quantitative estimate of drug-likeness (QED) is 0.274. The minimum absolute atomic E-state index is 0.00276. The van der Waals surface area contributed by atoms with Gasteiger partial charge in [-0.15, -0.1) is 0 Å². The lowest BCUT2D eigenvalue weighted by Crippen LogP contribution is -2.65. The summed E-state index contributed by atoms with van der Waals surface area (Å²) in [5, 5.41) is 48.4. The average molecular weight is 571 g/mol. The minimum Gasteiger partial charge on any atom is -0.508 e. The highest BCUT2D eigenvalue weighted by Gasteiger charge is 2.64. The second-order valence-electron chi connectivity index (χ2n) is 12.5. The number of nitrogens with one attached hydrogen (secondary N) is 1. The van der Waals surface area contributed by atoms with Crippen LogP contribution in [-0.4, -0.2) is 88.5 Å². The topological polar surface area (TPSA) is 194 Å². The standard InChI is InChI=1S/C29H38N4O8/c1-28(2,3)27(40)31-11-13-10-16(32(4)5)14-8-12-9-15-20(33(6)7)23(36)19(26(30)39)25(38)29(15,41)24(37)17(12)22(35)18(14)21(13)34/h10,12,15,20,34-35,38,41H,8-9,11H2,1-7H3,(H2,30,39)(H,31,40). The lowest BCUT2D eigenvalue weighted by Gasteiger charge is -2.50.